The van der Waals surface area contributed by atoms with Crippen molar-refractivity contribution in [2.24, 2.45) is 0 Å². The van der Waals surface area contributed by atoms with Crippen LogP contribution < -0.4 is 28.9 Å². The van der Waals surface area contributed by atoms with Gasteiger partial charge in [-0.05, 0) is 68.2 Å². The Labute approximate surface area is 207 Å². The molecule has 0 spiro atoms. The van der Waals surface area contributed by atoms with Crippen LogP contribution in [0.1, 0.15) is 63.5 Å². The van der Waals surface area contributed by atoms with Crippen LogP contribution in [0.25, 0.3) is 0 Å². The first kappa shape index (κ1) is 24.6. The van der Waals surface area contributed by atoms with Crippen LogP contribution in [0, 0.1) is 0 Å². The summed E-state index contributed by atoms with van der Waals surface area (Å²) in [6.45, 7) is 10.1. The molecule has 0 bridgehead atoms. The van der Waals surface area contributed by atoms with Crippen molar-refractivity contribution in [3.05, 3.63) is 65.7 Å². The Kier molecular flexibility index (Phi) is 9.27. The Hall–Kier alpha value is -1.07. The average Bonchev–Trinajstić information content (AvgIpc) is 3.20. The first-order chi connectivity index (χ1) is 14.8. The molecule has 0 aromatic heterocycles. The Balaban J connectivity index is 0.00000272. The zero-order valence-electron chi connectivity index (χ0n) is 19.6. The topological polar surface area (TPSA) is 3.24 Å². The lowest BCUT2D eigenvalue weighted by molar-refractivity contribution is -0.956. The van der Waals surface area contributed by atoms with Crippen LogP contribution in [0.5, 0.6) is 0 Å². The number of rotatable bonds is 9. The fourth-order valence-corrected chi connectivity index (χ4v) is 6.46. The summed E-state index contributed by atoms with van der Waals surface area (Å²) in [7, 11) is 0. The number of fused-ring (bicyclic) bond motifs is 1. The van der Waals surface area contributed by atoms with Crippen molar-refractivity contribution in [1.82, 2.24) is 0 Å². The number of hydrogen-bond acceptors (Lipinski definition) is 1. The lowest BCUT2D eigenvalue weighted by atomic mass is 9.94. The molecule has 4 rings (SSSR count). The van der Waals surface area contributed by atoms with E-state index < -0.39 is 0 Å². The van der Waals surface area contributed by atoms with Crippen LogP contribution in [0.2, 0.25) is 0 Å². The van der Waals surface area contributed by atoms with E-state index in [1.165, 1.54) is 87.7 Å². The van der Waals surface area contributed by atoms with Crippen LogP contribution in [0.3, 0.4) is 0 Å². The van der Waals surface area contributed by atoms with Crippen molar-refractivity contribution in [1.29, 1.82) is 0 Å². The SMILES string of the molecule is CCC[N+]1(CCC)CCCC[C@@H]1CCN(c1ccccc1)C1Cc2ccccc2C1.[I-]. The van der Waals surface area contributed by atoms with E-state index in [1.807, 2.05) is 0 Å². The van der Waals surface area contributed by atoms with Gasteiger partial charge in [0.15, 0.2) is 0 Å². The van der Waals surface area contributed by atoms with E-state index in [4.69, 9.17) is 0 Å². The molecule has 1 aliphatic carbocycles. The minimum atomic E-state index is 0. The van der Waals surface area contributed by atoms with Crippen LogP contribution in [0.15, 0.2) is 54.6 Å². The van der Waals surface area contributed by atoms with Gasteiger partial charge in [0.1, 0.15) is 0 Å². The van der Waals surface area contributed by atoms with E-state index in [0.717, 1.165) is 6.04 Å². The average molecular weight is 533 g/mol. The van der Waals surface area contributed by atoms with Crippen molar-refractivity contribution in [3.8, 4) is 0 Å². The van der Waals surface area contributed by atoms with E-state index in [0.29, 0.717) is 6.04 Å². The van der Waals surface area contributed by atoms with Crippen LogP contribution >= 0.6 is 0 Å². The van der Waals surface area contributed by atoms with Gasteiger partial charge in [-0.3, -0.25) is 0 Å². The minimum absolute atomic E-state index is 0. The van der Waals surface area contributed by atoms with Crippen molar-refractivity contribution >= 4 is 5.69 Å². The Bertz CT molecular complexity index is 754. The first-order valence-corrected chi connectivity index (χ1v) is 12.5. The molecule has 2 aromatic rings. The molecule has 1 atom stereocenters. The molecule has 2 aliphatic rings. The zero-order chi connectivity index (χ0) is 20.8. The predicted octanol–water partition coefficient (Wildman–Crippen LogP) is 3.24. The van der Waals surface area contributed by atoms with Crippen LogP contribution in [-0.2, 0) is 12.8 Å². The summed E-state index contributed by atoms with van der Waals surface area (Å²) < 4.78 is 1.39. The van der Waals surface area contributed by atoms with E-state index in [9.17, 15) is 0 Å². The number of hydrogen-bond donors (Lipinski definition) is 0. The van der Waals surface area contributed by atoms with Gasteiger partial charge in [-0.1, -0.05) is 56.3 Å². The number of para-hydroxylation sites is 1. The van der Waals surface area contributed by atoms with E-state index in [-0.39, 0.29) is 24.0 Å². The highest BCUT2D eigenvalue weighted by molar-refractivity contribution is 5.49. The highest BCUT2D eigenvalue weighted by Crippen LogP contribution is 2.33. The summed E-state index contributed by atoms with van der Waals surface area (Å²) >= 11 is 0. The van der Waals surface area contributed by atoms with Crippen molar-refractivity contribution < 1.29 is 28.5 Å². The largest absolute Gasteiger partial charge is 1.00 e. The normalized spacial score (nSPS) is 20.1. The highest BCUT2D eigenvalue weighted by Gasteiger charge is 2.38. The molecule has 1 heterocycles. The number of halogens is 1. The number of likely N-dealkylation sites (tertiary alicyclic amines) is 1. The molecule has 1 aliphatic heterocycles. The third kappa shape index (κ3) is 5.65. The van der Waals surface area contributed by atoms with E-state index in [2.05, 4.69) is 73.3 Å². The zero-order valence-corrected chi connectivity index (χ0v) is 21.8. The van der Waals surface area contributed by atoms with Gasteiger partial charge < -0.3 is 33.4 Å². The third-order valence-corrected chi connectivity index (χ3v) is 7.76. The molecule has 0 N–H and O–H groups in total. The quantitative estimate of drug-likeness (QED) is 0.354. The molecule has 1 fully saturated rings. The summed E-state index contributed by atoms with van der Waals surface area (Å²) in [6.07, 6.45) is 10.6. The summed E-state index contributed by atoms with van der Waals surface area (Å²) in [6, 6.07) is 21.7. The van der Waals surface area contributed by atoms with Gasteiger partial charge in [-0.15, -0.1) is 0 Å². The highest BCUT2D eigenvalue weighted by atomic mass is 127. The van der Waals surface area contributed by atoms with Gasteiger partial charge >= 0.3 is 0 Å². The molecule has 0 unspecified atom stereocenters. The maximum Gasteiger partial charge on any atom is 0.0907 e. The van der Waals surface area contributed by atoms with Crippen molar-refractivity contribution in [3.63, 3.8) is 0 Å². The second-order valence-electron chi connectivity index (χ2n) is 9.69. The summed E-state index contributed by atoms with van der Waals surface area (Å²) in [5.74, 6) is 0. The minimum Gasteiger partial charge on any atom is -1.00 e. The number of nitrogens with zero attached hydrogens (tertiary/aromatic N) is 2. The van der Waals surface area contributed by atoms with Gasteiger partial charge in [0.05, 0.1) is 25.7 Å². The van der Waals surface area contributed by atoms with Gasteiger partial charge in [-0.25, -0.2) is 0 Å². The van der Waals surface area contributed by atoms with Crippen LogP contribution in [0.4, 0.5) is 5.69 Å². The predicted molar refractivity (Wildman–Crippen MR) is 129 cm³/mol. The van der Waals surface area contributed by atoms with E-state index >= 15 is 0 Å². The molecule has 1 saturated heterocycles. The molecule has 2 nitrogen and oxygen atoms in total. The van der Waals surface area contributed by atoms with Gasteiger partial charge in [-0.2, -0.15) is 0 Å². The Morgan fingerprint density at radius 3 is 2.06 bits per heavy atom. The molecular weight excluding hydrogens is 491 g/mol. The lowest BCUT2D eigenvalue weighted by Crippen LogP contribution is -3.00. The van der Waals surface area contributed by atoms with Gasteiger partial charge in [0, 0.05) is 24.7 Å². The van der Waals surface area contributed by atoms with Gasteiger partial charge in [0.2, 0.25) is 0 Å². The third-order valence-electron chi connectivity index (χ3n) is 7.76. The standard InChI is InChI=1S/C28H41N2.HI/c1-3-19-30(20-4-2)21-11-10-16-28(30)17-18-29(26-14-6-5-7-15-26)27-22-24-12-8-9-13-25(24)23-27;/h5-9,12-15,27-28H,3-4,10-11,16-23H2,1-2H3;1H/q+1;/p-1/t28-;/m1./s1. The molecule has 0 saturated carbocycles. The molecule has 0 amide bonds. The fourth-order valence-electron chi connectivity index (χ4n) is 6.46. The van der Waals surface area contributed by atoms with Crippen molar-refractivity contribution in [2.45, 2.75) is 77.3 Å². The summed E-state index contributed by atoms with van der Waals surface area (Å²) in [4.78, 5) is 2.75. The van der Waals surface area contributed by atoms with Crippen molar-refractivity contribution in [2.75, 3.05) is 31.1 Å². The maximum absolute atomic E-state index is 2.75. The molecule has 0 radical (unpaired) electrons. The maximum atomic E-state index is 2.75. The van der Waals surface area contributed by atoms with E-state index in [1.54, 1.807) is 11.1 Å². The molecule has 170 valence electrons. The summed E-state index contributed by atoms with van der Waals surface area (Å²) in [5, 5.41) is 0. The van der Waals surface area contributed by atoms with Crippen LogP contribution in [-0.4, -0.2) is 42.7 Å². The molecular formula is C28H41IN2. The smallest absolute Gasteiger partial charge is 0.0907 e. The summed E-state index contributed by atoms with van der Waals surface area (Å²) in [5.41, 5.74) is 4.53. The molecule has 2 aromatic carbocycles. The first-order valence-electron chi connectivity index (χ1n) is 12.5. The Morgan fingerprint density at radius 2 is 1.45 bits per heavy atom. The molecule has 31 heavy (non-hydrogen) atoms. The molecule has 3 heteroatoms. The second-order valence-corrected chi connectivity index (χ2v) is 9.69. The lowest BCUT2D eigenvalue weighted by Gasteiger charge is -2.49. The number of quaternary nitrogens is 1. The number of piperidine rings is 1. The monoisotopic (exact) mass is 532 g/mol. The number of benzene rings is 2. The van der Waals surface area contributed by atoms with Gasteiger partial charge in [0.25, 0.3) is 0 Å². The number of anilines is 1. The second kappa shape index (κ2) is 11.7. The Morgan fingerprint density at radius 1 is 0.839 bits per heavy atom. The fraction of sp³-hybridized carbons (Fsp3) is 0.571.